The second-order valence-electron chi connectivity index (χ2n) is 6.34. The van der Waals surface area contributed by atoms with Gasteiger partial charge in [0.25, 0.3) is 0 Å². The quantitative estimate of drug-likeness (QED) is 0.718. The molecule has 134 valence electrons. The van der Waals surface area contributed by atoms with Gasteiger partial charge in [-0.3, -0.25) is 4.79 Å². The van der Waals surface area contributed by atoms with E-state index in [1.54, 1.807) is 18.4 Å². The highest BCUT2D eigenvalue weighted by Crippen LogP contribution is 2.19. The summed E-state index contributed by atoms with van der Waals surface area (Å²) in [6.07, 6.45) is 3.59. The van der Waals surface area contributed by atoms with E-state index in [1.807, 2.05) is 35.2 Å². The molecule has 0 bridgehead atoms. The van der Waals surface area contributed by atoms with Gasteiger partial charge in [0.1, 0.15) is 5.75 Å². The van der Waals surface area contributed by atoms with Crippen LogP contribution in [0.2, 0.25) is 0 Å². The Bertz CT molecular complexity index is 648. The first-order chi connectivity index (χ1) is 12.2. The lowest BCUT2D eigenvalue weighted by molar-refractivity contribution is -0.133. The molecule has 2 heterocycles. The molecule has 0 aliphatic carbocycles. The first-order valence-electron chi connectivity index (χ1n) is 8.79. The fourth-order valence-corrected chi connectivity index (χ4v) is 3.80. The first-order valence-corrected chi connectivity index (χ1v) is 9.67. The summed E-state index contributed by atoms with van der Waals surface area (Å²) in [7, 11) is 1.66. The van der Waals surface area contributed by atoms with Crippen LogP contribution in [0.3, 0.4) is 0 Å². The second kappa shape index (κ2) is 9.02. The van der Waals surface area contributed by atoms with Crippen molar-refractivity contribution in [2.75, 3.05) is 20.3 Å². The molecule has 0 N–H and O–H groups in total. The fraction of sp³-hybridized carbons (Fsp3) is 0.450. The molecule has 1 fully saturated rings. The van der Waals surface area contributed by atoms with E-state index in [0.29, 0.717) is 19.5 Å². The summed E-state index contributed by atoms with van der Waals surface area (Å²) in [5.41, 5.74) is 1.15. The van der Waals surface area contributed by atoms with Crippen LogP contribution in [-0.4, -0.2) is 37.2 Å². The van der Waals surface area contributed by atoms with Crippen molar-refractivity contribution >= 4 is 17.2 Å². The van der Waals surface area contributed by atoms with Crippen LogP contribution < -0.4 is 4.74 Å². The fourth-order valence-electron chi connectivity index (χ4n) is 3.08. The summed E-state index contributed by atoms with van der Waals surface area (Å²) in [6, 6.07) is 12.0. The van der Waals surface area contributed by atoms with Gasteiger partial charge in [-0.25, -0.2) is 0 Å². The van der Waals surface area contributed by atoms with Gasteiger partial charge in [-0.2, -0.15) is 0 Å². The van der Waals surface area contributed by atoms with Gasteiger partial charge < -0.3 is 14.4 Å². The van der Waals surface area contributed by atoms with Gasteiger partial charge >= 0.3 is 0 Å². The smallest absolute Gasteiger partial charge is 0.223 e. The average Bonchev–Trinajstić information content (AvgIpc) is 3.33. The van der Waals surface area contributed by atoms with Gasteiger partial charge in [-0.05, 0) is 48.4 Å². The van der Waals surface area contributed by atoms with E-state index in [9.17, 15) is 4.79 Å². The lowest BCUT2D eigenvalue weighted by atomic mass is 10.1. The highest BCUT2D eigenvalue weighted by Gasteiger charge is 2.22. The second-order valence-corrected chi connectivity index (χ2v) is 7.37. The van der Waals surface area contributed by atoms with Crippen LogP contribution in [-0.2, 0) is 22.5 Å². The summed E-state index contributed by atoms with van der Waals surface area (Å²) in [6.45, 7) is 2.19. The predicted molar refractivity (Wildman–Crippen MR) is 100 cm³/mol. The third kappa shape index (κ3) is 5.31. The molecule has 1 amide bonds. The van der Waals surface area contributed by atoms with Crippen LogP contribution >= 0.6 is 11.3 Å². The zero-order valence-electron chi connectivity index (χ0n) is 14.6. The molecule has 1 atom stereocenters. The Hall–Kier alpha value is -1.85. The number of ether oxygens (including phenoxy) is 2. The Kier molecular flexibility index (Phi) is 6.48. The molecule has 4 nitrogen and oxygen atoms in total. The number of rotatable bonds is 8. The van der Waals surface area contributed by atoms with Crippen molar-refractivity contribution in [3.63, 3.8) is 0 Å². The van der Waals surface area contributed by atoms with Crippen LogP contribution in [0.5, 0.6) is 5.75 Å². The molecule has 2 aromatic rings. The monoisotopic (exact) mass is 359 g/mol. The van der Waals surface area contributed by atoms with Crippen molar-refractivity contribution in [1.82, 2.24) is 4.90 Å². The lowest BCUT2D eigenvalue weighted by Gasteiger charge is -2.25. The first kappa shape index (κ1) is 18.0. The van der Waals surface area contributed by atoms with E-state index in [-0.39, 0.29) is 12.0 Å². The van der Waals surface area contributed by atoms with Crippen LogP contribution in [0.15, 0.2) is 41.8 Å². The number of benzene rings is 1. The minimum atomic E-state index is 0.185. The van der Waals surface area contributed by atoms with Gasteiger partial charge in [0.2, 0.25) is 5.91 Å². The predicted octanol–water partition coefficient (Wildman–Crippen LogP) is 3.90. The molecule has 5 heteroatoms. The third-order valence-corrected chi connectivity index (χ3v) is 5.38. The van der Waals surface area contributed by atoms with Crippen molar-refractivity contribution in [2.24, 2.45) is 0 Å². The molecule has 0 radical (unpaired) electrons. The summed E-state index contributed by atoms with van der Waals surface area (Å²) in [5.74, 6) is 1.03. The molecule has 1 unspecified atom stereocenters. The summed E-state index contributed by atoms with van der Waals surface area (Å²) in [4.78, 5) is 16.0. The number of methoxy groups -OCH3 is 1. The Morgan fingerprint density at radius 2 is 2.16 bits per heavy atom. The van der Waals surface area contributed by atoms with Gasteiger partial charge in [0.15, 0.2) is 0 Å². The van der Waals surface area contributed by atoms with E-state index in [2.05, 4.69) is 11.4 Å². The molecule has 3 rings (SSSR count). The number of hydrogen-bond donors (Lipinski definition) is 0. The summed E-state index contributed by atoms with van der Waals surface area (Å²) < 4.78 is 10.9. The maximum absolute atomic E-state index is 12.8. The van der Waals surface area contributed by atoms with Crippen molar-refractivity contribution in [2.45, 2.75) is 38.3 Å². The highest BCUT2D eigenvalue weighted by molar-refractivity contribution is 7.09. The standard InChI is InChI=1S/C20H25NO3S/c1-23-17-9-6-16(7-10-17)8-11-20(22)21(14-18-4-2-12-24-18)15-19-5-3-13-25-19/h3,5-7,9-10,13,18H,2,4,8,11-12,14-15H2,1H3. The number of thiophene rings is 1. The maximum Gasteiger partial charge on any atom is 0.223 e. The minimum Gasteiger partial charge on any atom is -0.497 e. The molecule has 1 aliphatic heterocycles. The average molecular weight is 359 g/mol. The zero-order valence-corrected chi connectivity index (χ0v) is 15.5. The molecule has 0 saturated carbocycles. The van der Waals surface area contributed by atoms with Crippen molar-refractivity contribution < 1.29 is 14.3 Å². The van der Waals surface area contributed by atoms with Crippen molar-refractivity contribution in [3.8, 4) is 5.75 Å². The molecule has 1 aliphatic rings. The molecule has 1 aromatic carbocycles. The SMILES string of the molecule is COc1ccc(CCC(=O)N(Cc2cccs2)CC2CCCO2)cc1. The van der Waals surface area contributed by atoms with Crippen LogP contribution in [0.4, 0.5) is 0 Å². The summed E-state index contributed by atoms with van der Waals surface area (Å²) >= 11 is 1.70. The number of nitrogens with zero attached hydrogens (tertiary/aromatic N) is 1. The lowest BCUT2D eigenvalue weighted by Crippen LogP contribution is -2.36. The van der Waals surface area contributed by atoms with E-state index in [1.165, 1.54) is 4.88 Å². The van der Waals surface area contributed by atoms with E-state index < -0.39 is 0 Å². The molecule has 25 heavy (non-hydrogen) atoms. The molecular formula is C20H25NO3S. The van der Waals surface area contributed by atoms with Gasteiger partial charge in [0.05, 0.1) is 19.8 Å². The van der Waals surface area contributed by atoms with Gasteiger partial charge in [-0.1, -0.05) is 18.2 Å². The van der Waals surface area contributed by atoms with Crippen molar-refractivity contribution in [3.05, 3.63) is 52.2 Å². The Labute approximate surface area is 153 Å². The van der Waals surface area contributed by atoms with E-state index in [4.69, 9.17) is 9.47 Å². The number of amides is 1. The van der Waals surface area contributed by atoms with Crippen LogP contribution in [0.1, 0.15) is 29.7 Å². The minimum absolute atomic E-state index is 0.185. The largest absolute Gasteiger partial charge is 0.497 e. The normalized spacial score (nSPS) is 16.8. The van der Waals surface area contributed by atoms with E-state index in [0.717, 1.165) is 37.2 Å². The summed E-state index contributed by atoms with van der Waals surface area (Å²) in [5, 5.41) is 2.06. The Morgan fingerprint density at radius 3 is 2.80 bits per heavy atom. The maximum atomic E-state index is 12.8. The van der Waals surface area contributed by atoms with Gasteiger partial charge in [0, 0.05) is 24.4 Å². The molecule has 0 spiro atoms. The topological polar surface area (TPSA) is 38.8 Å². The van der Waals surface area contributed by atoms with Crippen LogP contribution in [0, 0.1) is 0 Å². The molecule has 1 saturated heterocycles. The number of carbonyl (C=O) groups excluding carboxylic acids is 1. The molecular weight excluding hydrogens is 334 g/mol. The number of carbonyl (C=O) groups is 1. The Morgan fingerprint density at radius 1 is 1.32 bits per heavy atom. The molecule has 1 aromatic heterocycles. The van der Waals surface area contributed by atoms with E-state index >= 15 is 0 Å². The van der Waals surface area contributed by atoms with Crippen LogP contribution in [0.25, 0.3) is 0 Å². The Balaban J connectivity index is 1.58. The zero-order chi connectivity index (χ0) is 17.5. The third-order valence-electron chi connectivity index (χ3n) is 4.51. The highest BCUT2D eigenvalue weighted by atomic mass is 32.1. The van der Waals surface area contributed by atoms with Crippen molar-refractivity contribution in [1.29, 1.82) is 0 Å². The number of hydrogen-bond acceptors (Lipinski definition) is 4. The van der Waals surface area contributed by atoms with Gasteiger partial charge in [-0.15, -0.1) is 11.3 Å². The number of aryl methyl sites for hydroxylation is 1.